The summed E-state index contributed by atoms with van der Waals surface area (Å²) in [5, 5.41) is 15.1. The number of nitrogens with zero attached hydrogens (tertiary/aromatic N) is 1. The van der Waals surface area contributed by atoms with Gasteiger partial charge < -0.3 is 10.4 Å². The number of rotatable bonds is 6. The molecule has 18 heavy (non-hydrogen) atoms. The number of aromatic nitrogens is 1. The zero-order valence-corrected chi connectivity index (χ0v) is 12.5. The van der Waals surface area contributed by atoms with Crippen molar-refractivity contribution in [2.24, 2.45) is 0 Å². The van der Waals surface area contributed by atoms with Gasteiger partial charge in [-0.3, -0.25) is 4.79 Å². The number of hydrogen-bond acceptors (Lipinski definition) is 4. The molecule has 1 heterocycles. The Morgan fingerprint density at radius 3 is 2.56 bits per heavy atom. The quantitative estimate of drug-likeness (QED) is 0.830. The highest BCUT2D eigenvalue weighted by atomic mass is 32.1. The minimum absolute atomic E-state index is 0.0166. The Bertz CT molecular complexity index is 424. The van der Waals surface area contributed by atoms with Gasteiger partial charge in [0.2, 0.25) is 0 Å². The highest BCUT2D eigenvalue weighted by molar-refractivity contribution is 7.13. The van der Waals surface area contributed by atoms with E-state index in [1.165, 1.54) is 11.3 Å². The Kier molecular flexibility index (Phi) is 4.37. The van der Waals surface area contributed by atoms with E-state index in [1.54, 1.807) is 13.8 Å². The van der Waals surface area contributed by atoms with Gasteiger partial charge in [-0.05, 0) is 34.1 Å². The predicted octanol–water partition coefficient (Wildman–Crippen LogP) is 3.50. The number of carboxylic acids is 1. The maximum Gasteiger partial charge on any atom is 0.315 e. The molecular formula is C13H22N2O2S. The lowest BCUT2D eigenvalue weighted by Gasteiger charge is -2.25. The standard InChI is InChI=1S/C13H22N2O2S/c1-6-7-12(2,3)15-11-14-9(8-18-11)13(4,5)10(16)17/h8H,6-7H2,1-5H3,(H,14,15)(H,16,17). The highest BCUT2D eigenvalue weighted by Crippen LogP contribution is 2.29. The predicted molar refractivity (Wildman–Crippen MR) is 75.4 cm³/mol. The van der Waals surface area contributed by atoms with Crippen LogP contribution in [0.1, 0.15) is 53.2 Å². The third-order valence-corrected chi connectivity index (χ3v) is 3.76. The third kappa shape index (κ3) is 3.45. The van der Waals surface area contributed by atoms with Gasteiger partial charge in [0.25, 0.3) is 0 Å². The van der Waals surface area contributed by atoms with Crippen molar-refractivity contribution in [2.75, 3.05) is 5.32 Å². The Morgan fingerprint density at radius 2 is 2.06 bits per heavy atom. The lowest BCUT2D eigenvalue weighted by atomic mass is 9.90. The fourth-order valence-electron chi connectivity index (χ4n) is 1.70. The van der Waals surface area contributed by atoms with Gasteiger partial charge >= 0.3 is 5.97 Å². The number of carbonyl (C=O) groups is 1. The summed E-state index contributed by atoms with van der Waals surface area (Å²) in [5.74, 6) is -0.854. The van der Waals surface area contributed by atoms with Crippen molar-refractivity contribution in [1.29, 1.82) is 0 Å². The summed E-state index contributed by atoms with van der Waals surface area (Å²) in [7, 11) is 0. The molecule has 4 nitrogen and oxygen atoms in total. The Morgan fingerprint density at radius 1 is 1.44 bits per heavy atom. The molecule has 0 aliphatic rings. The van der Waals surface area contributed by atoms with E-state index in [9.17, 15) is 4.79 Å². The van der Waals surface area contributed by atoms with E-state index in [0.717, 1.165) is 18.0 Å². The maximum absolute atomic E-state index is 11.2. The average Bonchev–Trinajstić information content (AvgIpc) is 2.65. The molecule has 0 fully saturated rings. The zero-order chi connectivity index (χ0) is 14.0. The summed E-state index contributed by atoms with van der Waals surface area (Å²) in [6.45, 7) is 9.74. The molecule has 0 bridgehead atoms. The molecule has 1 rings (SSSR count). The van der Waals surface area contributed by atoms with E-state index < -0.39 is 11.4 Å². The van der Waals surface area contributed by atoms with Crippen LogP contribution in [0.2, 0.25) is 0 Å². The van der Waals surface area contributed by atoms with E-state index >= 15 is 0 Å². The molecule has 1 aromatic heterocycles. The molecule has 1 aromatic rings. The Balaban J connectivity index is 2.85. The summed E-state index contributed by atoms with van der Waals surface area (Å²) in [6.07, 6.45) is 2.14. The van der Waals surface area contributed by atoms with E-state index in [1.807, 2.05) is 5.38 Å². The normalized spacial score (nSPS) is 12.5. The van der Waals surface area contributed by atoms with Crippen LogP contribution in [0.25, 0.3) is 0 Å². The first-order valence-electron chi connectivity index (χ1n) is 6.16. The van der Waals surface area contributed by atoms with Crippen LogP contribution in [-0.2, 0) is 10.2 Å². The van der Waals surface area contributed by atoms with Gasteiger partial charge in [-0.15, -0.1) is 11.3 Å². The van der Waals surface area contributed by atoms with Crippen LogP contribution in [0, 0.1) is 0 Å². The SMILES string of the molecule is CCCC(C)(C)Nc1nc(C(C)(C)C(=O)O)cs1. The van der Waals surface area contributed by atoms with Gasteiger partial charge in [0.15, 0.2) is 5.13 Å². The molecule has 0 atom stereocenters. The molecule has 0 aliphatic heterocycles. The minimum Gasteiger partial charge on any atom is -0.481 e. The fourth-order valence-corrected chi connectivity index (χ4v) is 2.76. The number of carboxylic acid groups (broad SMARTS) is 1. The van der Waals surface area contributed by atoms with Crippen molar-refractivity contribution >= 4 is 22.4 Å². The van der Waals surface area contributed by atoms with Crippen LogP contribution < -0.4 is 5.32 Å². The molecule has 0 saturated carbocycles. The van der Waals surface area contributed by atoms with Crippen LogP contribution in [0.3, 0.4) is 0 Å². The molecule has 0 amide bonds. The second-order valence-corrected chi connectivity index (χ2v) is 6.59. The molecule has 0 saturated heterocycles. The van der Waals surface area contributed by atoms with Gasteiger partial charge in [-0.1, -0.05) is 13.3 Å². The smallest absolute Gasteiger partial charge is 0.315 e. The third-order valence-electron chi connectivity index (χ3n) is 3.00. The van der Waals surface area contributed by atoms with E-state index in [4.69, 9.17) is 5.11 Å². The van der Waals surface area contributed by atoms with Gasteiger partial charge in [0.05, 0.1) is 5.69 Å². The van der Waals surface area contributed by atoms with E-state index in [-0.39, 0.29) is 5.54 Å². The molecule has 0 aromatic carbocycles. The molecule has 2 N–H and O–H groups in total. The van der Waals surface area contributed by atoms with Gasteiger partial charge in [-0.25, -0.2) is 4.98 Å². The zero-order valence-electron chi connectivity index (χ0n) is 11.7. The first-order chi connectivity index (χ1) is 8.19. The minimum atomic E-state index is -0.939. The first-order valence-corrected chi connectivity index (χ1v) is 7.04. The van der Waals surface area contributed by atoms with Crippen LogP contribution in [0.5, 0.6) is 0 Å². The summed E-state index contributed by atoms with van der Waals surface area (Å²) < 4.78 is 0. The van der Waals surface area contributed by atoms with Crippen molar-refractivity contribution in [1.82, 2.24) is 4.98 Å². The van der Waals surface area contributed by atoms with E-state index in [2.05, 4.69) is 31.1 Å². The number of anilines is 1. The maximum atomic E-state index is 11.2. The van der Waals surface area contributed by atoms with Crippen molar-refractivity contribution in [2.45, 2.75) is 58.4 Å². The highest BCUT2D eigenvalue weighted by Gasteiger charge is 2.32. The molecule has 0 spiro atoms. The molecular weight excluding hydrogens is 248 g/mol. The van der Waals surface area contributed by atoms with E-state index in [0.29, 0.717) is 5.69 Å². The second-order valence-electron chi connectivity index (χ2n) is 5.73. The summed E-state index contributed by atoms with van der Waals surface area (Å²) in [5.41, 5.74) is -0.349. The number of nitrogens with one attached hydrogen (secondary N) is 1. The van der Waals surface area contributed by atoms with Crippen LogP contribution in [0.15, 0.2) is 5.38 Å². The molecule has 102 valence electrons. The number of thiazole rings is 1. The van der Waals surface area contributed by atoms with Gasteiger partial charge in [0, 0.05) is 10.9 Å². The molecule has 0 aliphatic carbocycles. The van der Waals surface area contributed by atoms with Gasteiger partial charge in [-0.2, -0.15) is 0 Å². The van der Waals surface area contributed by atoms with Gasteiger partial charge in [0.1, 0.15) is 5.41 Å². The van der Waals surface area contributed by atoms with Crippen LogP contribution >= 0.6 is 11.3 Å². The van der Waals surface area contributed by atoms with Crippen molar-refractivity contribution in [3.8, 4) is 0 Å². The van der Waals surface area contributed by atoms with Crippen molar-refractivity contribution < 1.29 is 9.90 Å². The van der Waals surface area contributed by atoms with Crippen LogP contribution in [-0.4, -0.2) is 21.6 Å². The number of hydrogen-bond donors (Lipinski definition) is 2. The first kappa shape index (κ1) is 15.0. The lowest BCUT2D eigenvalue weighted by molar-refractivity contribution is -0.142. The molecule has 0 unspecified atom stereocenters. The fraction of sp³-hybridized carbons (Fsp3) is 0.692. The molecule has 0 radical (unpaired) electrons. The topological polar surface area (TPSA) is 62.2 Å². The Hall–Kier alpha value is -1.10. The molecule has 5 heteroatoms. The average molecular weight is 270 g/mol. The summed E-state index contributed by atoms with van der Waals surface area (Å²) in [6, 6.07) is 0. The van der Waals surface area contributed by atoms with Crippen molar-refractivity contribution in [3.63, 3.8) is 0 Å². The summed E-state index contributed by atoms with van der Waals surface area (Å²) in [4.78, 5) is 15.6. The number of aliphatic carboxylic acids is 1. The largest absolute Gasteiger partial charge is 0.481 e. The monoisotopic (exact) mass is 270 g/mol. The lowest BCUT2D eigenvalue weighted by Crippen LogP contribution is -2.31. The van der Waals surface area contributed by atoms with Crippen molar-refractivity contribution in [3.05, 3.63) is 11.1 Å². The Labute approximate surface area is 112 Å². The van der Waals surface area contributed by atoms with Crippen LogP contribution in [0.4, 0.5) is 5.13 Å². The summed E-state index contributed by atoms with van der Waals surface area (Å²) >= 11 is 1.46. The second kappa shape index (κ2) is 5.26.